The summed E-state index contributed by atoms with van der Waals surface area (Å²) in [6.07, 6.45) is 45.4. The fraction of sp³-hybridized carbons (Fsp3) is 0.788. The van der Waals surface area contributed by atoms with E-state index in [1.165, 1.54) is 96.3 Å². The van der Waals surface area contributed by atoms with Crippen molar-refractivity contribution in [2.75, 3.05) is 26.4 Å². The van der Waals surface area contributed by atoms with Gasteiger partial charge in [-0.15, -0.1) is 0 Å². The highest BCUT2D eigenvalue weighted by Gasteiger charge is 2.48. The molecule has 0 spiro atoms. The fourth-order valence-corrected chi connectivity index (χ4v) is 8.09. The molecule has 12 nitrogen and oxygen atoms in total. The number of esters is 1. The van der Waals surface area contributed by atoms with Crippen molar-refractivity contribution >= 4 is 16.4 Å². The second-order valence-corrected chi connectivity index (χ2v) is 18.4. The molecule has 0 aromatic carbocycles. The van der Waals surface area contributed by atoms with Crippen LogP contribution in [0, 0.1) is 0 Å². The number of allylic oxidation sites excluding steroid dienone is 10. The minimum Gasteiger partial charge on any atom is -0.457 e. The van der Waals surface area contributed by atoms with Crippen LogP contribution in [-0.4, -0.2) is 97.5 Å². The maximum absolute atomic E-state index is 12.9. The van der Waals surface area contributed by atoms with Gasteiger partial charge in [0, 0.05) is 13.0 Å². The van der Waals surface area contributed by atoms with E-state index < -0.39 is 59.8 Å². The predicted octanol–water partition coefficient (Wildman–Crippen LogP) is 11.7. The van der Waals surface area contributed by atoms with E-state index in [4.69, 9.17) is 18.9 Å². The summed E-state index contributed by atoms with van der Waals surface area (Å²) in [5.41, 5.74) is 0. The van der Waals surface area contributed by atoms with E-state index in [1.54, 1.807) is 0 Å². The molecule has 0 aliphatic carbocycles. The van der Waals surface area contributed by atoms with Crippen molar-refractivity contribution in [1.29, 1.82) is 0 Å². The lowest BCUT2D eigenvalue weighted by Gasteiger charge is -2.41. The maximum Gasteiger partial charge on any atom is 0.397 e. The van der Waals surface area contributed by atoms with Crippen molar-refractivity contribution in [2.24, 2.45) is 0 Å². The molecule has 0 radical (unpaired) electrons. The number of carbonyl (C=O) groups excluding carboxylic acids is 1. The summed E-state index contributed by atoms with van der Waals surface area (Å²) in [7, 11) is -5.07. The van der Waals surface area contributed by atoms with Gasteiger partial charge in [-0.2, -0.15) is 8.42 Å². The Labute approximate surface area is 395 Å². The van der Waals surface area contributed by atoms with Crippen molar-refractivity contribution in [1.82, 2.24) is 0 Å². The molecule has 13 heteroatoms. The number of unbranched alkanes of at least 4 members (excludes halogenated alkanes) is 21. The quantitative estimate of drug-likeness (QED) is 0.0197. The fourth-order valence-electron chi connectivity index (χ4n) is 7.58. The van der Waals surface area contributed by atoms with Crippen molar-refractivity contribution < 1.29 is 56.2 Å². The van der Waals surface area contributed by atoms with Gasteiger partial charge >= 0.3 is 16.4 Å². The van der Waals surface area contributed by atoms with Gasteiger partial charge in [0.15, 0.2) is 6.29 Å². The van der Waals surface area contributed by atoms with E-state index in [9.17, 15) is 33.1 Å². The molecule has 4 N–H and O–H groups in total. The van der Waals surface area contributed by atoms with Crippen LogP contribution < -0.4 is 0 Å². The standard InChI is InChI=1S/C52H92O12S/c1-3-5-7-9-11-13-15-17-19-20-21-22-23-24-25-26-27-28-30-32-34-36-38-40-42-60-44-46(45-61-52-50(56)51(64-65(57,58)59)49(55)47(43-53)63-52)62-48(54)41-39-37-35-33-31-29-18-16-14-12-10-8-6-4-2/h5,7,11,13,17,19,21-22,24-25,46-47,49-53,55-56H,3-4,6,8-10,12,14-16,18,20,23,26-45H2,1-2H3,(H,57,58,59)/b7-5-,13-11-,19-17-,22-21-,25-24-. The van der Waals surface area contributed by atoms with E-state index in [0.29, 0.717) is 13.0 Å². The molecule has 1 saturated heterocycles. The third-order valence-corrected chi connectivity index (χ3v) is 11.9. The Morgan fingerprint density at radius 1 is 0.600 bits per heavy atom. The Bertz CT molecular complexity index is 1360. The van der Waals surface area contributed by atoms with Crippen LogP contribution in [0.4, 0.5) is 0 Å². The number of hydrogen-bond donors (Lipinski definition) is 4. The van der Waals surface area contributed by atoms with Crippen LogP contribution in [0.1, 0.15) is 200 Å². The first-order valence-corrected chi connectivity index (χ1v) is 26.9. The zero-order valence-corrected chi connectivity index (χ0v) is 41.4. The summed E-state index contributed by atoms with van der Waals surface area (Å²) in [5.74, 6) is -0.402. The van der Waals surface area contributed by atoms with Crippen molar-refractivity contribution in [3.05, 3.63) is 60.8 Å². The molecule has 0 saturated carbocycles. The molecule has 0 amide bonds. The van der Waals surface area contributed by atoms with E-state index in [2.05, 4.69) is 78.8 Å². The van der Waals surface area contributed by atoms with E-state index in [-0.39, 0.29) is 19.6 Å². The number of aliphatic hydroxyl groups excluding tert-OH is 3. The molecule has 6 unspecified atom stereocenters. The van der Waals surface area contributed by atoms with E-state index >= 15 is 0 Å². The molecule has 0 aromatic rings. The zero-order chi connectivity index (χ0) is 47.5. The number of hydrogen-bond acceptors (Lipinski definition) is 11. The highest BCUT2D eigenvalue weighted by molar-refractivity contribution is 7.80. The summed E-state index contributed by atoms with van der Waals surface area (Å²) < 4.78 is 59.2. The molecular formula is C52H92O12S. The number of aliphatic hydroxyl groups is 3. The zero-order valence-electron chi connectivity index (χ0n) is 40.5. The van der Waals surface area contributed by atoms with Gasteiger partial charge in [-0.05, 0) is 57.8 Å². The van der Waals surface area contributed by atoms with E-state index in [1.807, 2.05) is 0 Å². The molecule has 378 valence electrons. The first-order valence-electron chi connectivity index (χ1n) is 25.5. The smallest absolute Gasteiger partial charge is 0.397 e. The Balaban J connectivity index is 2.35. The summed E-state index contributed by atoms with van der Waals surface area (Å²) in [6.45, 7) is 3.87. The Hall–Kier alpha value is -2.20. The third-order valence-electron chi connectivity index (χ3n) is 11.4. The van der Waals surface area contributed by atoms with Crippen molar-refractivity contribution in [2.45, 2.75) is 237 Å². The minimum atomic E-state index is -5.07. The Morgan fingerprint density at radius 2 is 1.06 bits per heavy atom. The largest absolute Gasteiger partial charge is 0.457 e. The van der Waals surface area contributed by atoms with Gasteiger partial charge in [0.1, 0.15) is 30.5 Å². The second-order valence-electron chi connectivity index (χ2n) is 17.4. The van der Waals surface area contributed by atoms with Crippen LogP contribution >= 0.6 is 0 Å². The molecule has 1 fully saturated rings. The number of ether oxygens (including phenoxy) is 4. The summed E-state index contributed by atoms with van der Waals surface area (Å²) in [4.78, 5) is 12.9. The highest BCUT2D eigenvalue weighted by Crippen LogP contribution is 2.26. The van der Waals surface area contributed by atoms with Crippen LogP contribution in [0.25, 0.3) is 0 Å². The van der Waals surface area contributed by atoms with Gasteiger partial charge in [0.2, 0.25) is 0 Å². The topological polar surface area (TPSA) is 178 Å². The summed E-state index contributed by atoms with van der Waals surface area (Å²) in [5, 5.41) is 30.7. The van der Waals surface area contributed by atoms with Crippen LogP contribution in [0.2, 0.25) is 0 Å². The molecule has 0 aromatic heterocycles. The lowest BCUT2D eigenvalue weighted by atomic mass is 9.99. The van der Waals surface area contributed by atoms with Gasteiger partial charge in [-0.3, -0.25) is 9.35 Å². The van der Waals surface area contributed by atoms with Crippen molar-refractivity contribution in [3.63, 3.8) is 0 Å². The normalized spacial score (nSPS) is 20.1. The summed E-state index contributed by atoms with van der Waals surface area (Å²) >= 11 is 0. The van der Waals surface area contributed by atoms with Gasteiger partial charge < -0.3 is 34.3 Å². The Morgan fingerprint density at radius 3 is 1.55 bits per heavy atom. The third kappa shape index (κ3) is 36.5. The average molecular weight is 941 g/mol. The minimum absolute atomic E-state index is 0.0299. The first kappa shape index (κ1) is 60.8. The molecule has 1 heterocycles. The van der Waals surface area contributed by atoms with Crippen molar-refractivity contribution in [3.8, 4) is 0 Å². The lowest BCUT2D eigenvalue weighted by Crippen LogP contribution is -2.60. The van der Waals surface area contributed by atoms with Crippen LogP contribution in [0.15, 0.2) is 60.8 Å². The molecule has 6 atom stereocenters. The van der Waals surface area contributed by atoms with Gasteiger partial charge in [0.25, 0.3) is 0 Å². The average Bonchev–Trinajstić information content (AvgIpc) is 3.28. The molecule has 1 rings (SSSR count). The monoisotopic (exact) mass is 941 g/mol. The molecule has 0 bridgehead atoms. The van der Waals surface area contributed by atoms with Crippen LogP contribution in [0.5, 0.6) is 0 Å². The number of carbonyl (C=O) groups is 1. The van der Waals surface area contributed by atoms with Gasteiger partial charge in [-0.1, -0.05) is 197 Å². The summed E-state index contributed by atoms with van der Waals surface area (Å²) in [6, 6.07) is 0. The number of rotatable bonds is 44. The maximum atomic E-state index is 12.9. The molecule has 65 heavy (non-hydrogen) atoms. The highest BCUT2D eigenvalue weighted by atomic mass is 32.3. The van der Waals surface area contributed by atoms with Gasteiger partial charge in [-0.25, -0.2) is 4.18 Å². The first-order chi connectivity index (χ1) is 31.6. The Kier molecular flexibility index (Phi) is 40.3. The second kappa shape index (κ2) is 43.1. The SMILES string of the molecule is CC/C=C\C/C=C\C/C=C\C/C=C\C/C=C\CCCCCCCCCCOCC(COC1OC(CO)C(O)C(OS(=O)(=O)O)C1O)OC(=O)CCCCCCCCCCCCCCCC. The van der Waals surface area contributed by atoms with E-state index in [0.717, 1.165) is 77.0 Å². The van der Waals surface area contributed by atoms with Crippen LogP contribution in [-0.2, 0) is 38.3 Å². The van der Waals surface area contributed by atoms with Gasteiger partial charge in [0.05, 0.1) is 19.8 Å². The molecule has 1 aliphatic heterocycles. The molecule has 1 aliphatic rings. The predicted molar refractivity (Wildman–Crippen MR) is 262 cm³/mol. The molecular weight excluding hydrogens is 849 g/mol. The lowest BCUT2D eigenvalue weighted by molar-refractivity contribution is -0.301. The van der Waals surface area contributed by atoms with Crippen LogP contribution in [0.3, 0.4) is 0 Å².